The van der Waals surface area contributed by atoms with Crippen LogP contribution in [0.2, 0.25) is 0 Å². The highest BCUT2D eigenvalue weighted by molar-refractivity contribution is 7.98. The van der Waals surface area contributed by atoms with Gasteiger partial charge in [-0.15, -0.1) is 11.8 Å². The van der Waals surface area contributed by atoms with Crippen LogP contribution in [-0.4, -0.2) is 24.1 Å². The maximum atomic E-state index is 12.7. The molecule has 0 bridgehead atoms. The third kappa shape index (κ3) is 4.86. The van der Waals surface area contributed by atoms with E-state index >= 15 is 0 Å². The van der Waals surface area contributed by atoms with Gasteiger partial charge >= 0.3 is 0 Å². The fourth-order valence-electron chi connectivity index (χ4n) is 2.36. The Morgan fingerprint density at radius 2 is 1.80 bits per heavy atom. The molecule has 1 unspecified atom stereocenters. The standard InChI is InChI=1S/C20H24N2O2S/c1-5-14(3)21-19(23)16-8-6-7-9-18(16)22-20(24)17-12-15(25-4)11-10-13(17)2/h6-12,14H,5H2,1-4H3,(H,21,23)(H,22,24). The zero-order chi connectivity index (χ0) is 18.4. The SMILES string of the molecule is CCC(C)NC(=O)c1ccccc1NC(=O)c1cc(SC)ccc1C. The summed E-state index contributed by atoms with van der Waals surface area (Å²) in [6, 6.07) is 12.9. The van der Waals surface area contributed by atoms with E-state index < -0.39 is 0 Å². The molecular weight excluding hydrogens is 332 g/mol. The van der Waals surface area contributed by atoms with Crippen molar-refractivity contribution in [3.8, 4) is 0 Å². The molecule has 132 valence electrons. The zero-order valence-corrected chi connectivity index (χ0v) is 15.9. The number of thioether (sulfide) groups is 1. The van der Waals surface area contributed by atoms with Gasteiger partial charge in [-0.1, -0.05) is 25.1 Å². The number of carbonyl (C=O) groups is 2. The zero-order valence-electron chi connectivity index (χ0n) is 15.1. The van der Waals surface area contributed by atoms with Crippen molar-refractivity contribution in [2.75, 3.05) is 11.6 Å². The molecule has 4 nitrogen and oxygen atoms in total. The second kappa shape index (κ2) is 8.72. The molecular formula is C20H24N2O2S. The number of benzene rings is 2. The molecule has 2 rings (SSSR count). The molecule has 0 fully saturated rings. The van der Waals surface area contributed by atoms with E-state index in [1.54, 1.807) is 36.0 Å². The predicted octanol–water partition coefficient (Wildman–Crippen LogP) is 4.50. The van der Waals surface area contributed by atoms with E-state index in [0.29, 0.717) is 16.8 Å². The molecule has 2 amide bonds. The van der Waals surface area contributed by atoms with Crippen LogP contribution in [0.1, 0.15) is 46.5 Å². The first-order valence-corrected chi connectivity index (χ1v) is 9.54. The van der Waals surface area contributed by atoms with Crippen molar-refractivity contribution in [3.63, 3.8) is 0 Å². The Labute approximate surface area is 153 Å². The smallest absolute Gasteiger partial charge is 0.255 e. The van der Waals surface area contributed by atoms with Gasteiger partial charge in [-0.05, 0) is 56.4 Å². The maximum absolute atomic E-state index is 12.7. The van der Waals surface area contributed by atoms with Crippen molar-refractivity contribution < 1.29 is 9.59 Å². The Morgan fingerprint density at radius 1 is 1.08 bits per heavy atom. The van der Waals surface area contributed by atoms with Crippen molar-refractivity contribution in [2.24, 2.45) is 0 Å². The number of aryl methyl sites for hydroxylation is 1. The molecule has 0 aliphatic heterocycles. The molecule has 2 aromatic carbocycles. The summed E-state index contributed by atoms with van der Waals surface area (Å²) in [7, 11) is 0. The van der Waals surface area contributed by atoms with E-state index in [4.69, 9.17) is 0 Å². The topological polar surface area (TPSA) is 58.2 Å². The molecule has 2 aromatic rings. The summed E-state index contributed by atoms with van der Waals surface area (Å²) in [6.45, 7) is 5.87. The molecule has 0 aromatic heterocycles. The lowest BCUT2D eigenvalue weighted by molar-refractivity contribution is 0.0940. The fourth-order valence-corrected chi connectivity index (χ4v) is 2.80. The summed E-state index contributed by atoms with van der Waals surface area (Å²) in [6.07, 6.45) is 2.82. The molecule has 1 atom stereocenters. The first kappa shape index (κ1) is 19.1. The second-order valence-corrected chi connectivity index (χ2v) is 6.84. The van der Waals surface area contributed by atoms with Gasteiger partial charge < -0.3 is 10.6 Å². The van der Waals surface area contributed by atoms with E-state index in [2.05, 4.69) is 10.6 Å². The highest BCUT2D eigenvalue weighted by Gasteiger charge is 2.16. The van der Waals surface area contributed by atoms with Gasteiger partial charge in [0, 0.05) is 16.5 Å². The summed E-state index contributed by atoms with van der Waals surface area (Å²) in [5.41, 5.74) is 2.50. The molecule has 0 spiro atoms. The van der Waals surface area contributed by atoms with Crippen LogP contribution < -0.4 is 10.6 Å². The number of hydrogen-bond acceptors (Lipinski definition) is 3. The Morgan fingerprint density at radius 3 is 2.48 bits per heavy atom. The Bertz CT molecular complexity index is 774. The number of rotatable bonds is 6. The molecule has 2 N–H and O–H groups in total. The molecule has 0 heterocycles. The van der Waals surface area contributed by atoms with Gasteiger partial charge in [0.05, 0.1) is 11.3 Å². The number of hydrogen-bond donors (Lipinski definition) is 2. The minimum Gasteiger partial charge on any atom is -0.350 e. The van der Waals surface area contributed by atoms with E-state index in [9.17, 15) is 9.59 Å². The minimum absolute atomic E-state index is 0.0803. The molecule has 25 heavy (non-hydrogen) atoms. The Balaban J connectivity index is 2.26. The van der Waals surface area contributed by atoms with Crippen LogP contribution >= 0.6 is 11.8 Å². The number of carbonyl (C=O) groups excluding carboxylic acids is 2. The second-order valence-electron chi connectivity index (χ2n) is 5.96. The highest BCUT2D eigenvalue weighted by atomic mass is 32.2. The highest BCUT2D eigenvalue weighted by Crippen LogP contribution is 2.21. The van der Waals surface area contributed by atoms with Crippen LogP contribution in [0.25, 0.3) is 0 Å². The Hall–Kier alpha value is -2.27. The lowest BCUT2D eigenvalue weighted by atomic mass is 10.1. The van der Waals surface area contributed by atoms with Gasteiger partial charge in [0.25, 0.3) is 11.8 Å². The van der Waals surface area contributed by atoms with Crippen LogP contribution in [0.15, 0.2) is 47.4 Å². The monoisotopic (exact) mass is 356 g/mol. The van der Waals surface area contributed by atoms with Crippen LogP contribution in [0, 0.1) is 6.92 Å². The van der Waals surface area contributed by atoms with Crippen molar-refractivity contribution in [1.29, 1.82) is 0 Å². The predicted molar refractivity (Wildman–Crippen MR) is 105 cm³/mol. The average Bonchev–Trinajstić information content (AvgIpc) is 2.62. The molecule has 0 radical (unpaired) electrons. The van der Waals surface area contributed by atoms with Crippen LogP contribution in [-0.2, 0) is 0 Å². The number of nitrogens with one attached hydrogen (secondary N) is 2. The van der Waals surface area contributed by atoms with Gasteiger partial charge in [-0.3, -0.25) is 9.59 Å². The third-order valence-electron chi connectivity index (χ3n) is 4.10. The fraction of sp³-hybridized carbons (Fsp3) is 0.300. The van der Waals surface area contributed by atoms with Gasteiger partial charge in [-0.25, -0.2) is 0 Å². The van der Waals surface area contributed by atoms with E-state index in [1.165, 1.54) is 0 Å². The van der Waals surface area contributed by atoms with Crippen molar-refractivity contribution in [2.45, 2.75) is 38.1 Å². The third-order valence-corrected chi connectivity index (χ3v) is 4.82. The van der Waals surface area contributed by atoms with Gasteiger partial charge in [0.15, 0.2) is 0 Å². The summed E-state index contributed by atoms with van der Waals surface area (Å²) >= 11 is 1.59. The normalized spacial score (nSPS) is 11.7. The number of anilines is 1. The van der Waals surface area contributed by atoms with Crippen LogP contribution in [0.4, 0.5) is 5.69 Å². The van der Waals surface area contributed by atoms with Crippen molar-refractivity contribution in [1.82, 2.24) is 5.32 Å². The van der Waals surface area contributed by atoms with Crippen LogP contribution in [0.3, 0.4) is 0 Å². The number of para-hydroxylation sites is 1. The van der Waals surface area contributed by atoms with E-state index in [-0.39, 0.29) is 17.9 Å². The molecule has 0 aliphatic carbocycles. The van der Waals surface area contributed by atoms with Gasteiger partial charge in [0.2, 0.25) is 0 Å². The summed E-state index contributed by atoms with van der Waals surface area (Å²) in [5.74, 6) is -0.392. The molecule has 0 saturated carbocycles. The van der Waals surface area contributed by atoms with Gasteiger partial charge in [0.1, 0.15) is 0 Å². The van der Waals surface area contributed by atoms with Crippen molar-refractivity contribution in [3.05, 3.63) is 59.2 Å². The first-order chi connectivity index (χ1) is 12.0. The maximum Gasteiger partial charge on any atom is 0.255 e. The molecule has 0 aliphatic rings. The van der Waals surface area contributed by atoms with E-state index in [1.807, 2.05) is 45.2 Å². The summed E-state index contributed by atoms with van der Waals surface area (Å²) in [4.78, 5) is 26.2. The summed E-state index contributed by atoms with van der Waals surface area (Å²) < 4.78 is 0. The summed E-state index contributed by atoms with van der Waals surface area (Å²) in [5, 5.41) is 5.82. The lowest BCUT2D eigenvalue weighted by Crippen LogP contribution is -2.32. The lowest BCUT2D eigenvalue weighted by Gasteiger charge is -2.15. The van der Waals surface area contributed by atoms with E-state index in [0.717, 1.165) is 16.9 Å². The first-order valence-electron chi connectivity index (χ1n) is 8.32. The van der Waals surface area contributed by atoms with Crippen LogP contribution in [0.5, 0.6) is 0 Å². The molecule has 5 heteroatoms. The van der Waals surface area contributed by atoms with Gasteiger partial charge in [-0.2, -0.15) is 0 Å². The largest absolute Gasteiger partial charge is 0.350 e. The average molecular weight is 356 g/mol. The van der Waals surface area contributed by atoms with Crippen molar-refractivity contribution >= 4 is 29.3 Å². The molecule has 0 saturated heterocycles. The Kier molecular flexibility index (Phi) is 6.65. The quantitative estimate of drug-likeness (QED) is 0.749. The minimum atomic E-state index is -0.211. The number of amides is 2.